The summed E-state index contributed by atoms with van der Waals surface area (Å²) in [4.78, 5) is 2.19. The lowest BCUT2D eigenvalue weighted by Gasteiger charge is -2.14. The molecule has 2 rings (SSSR count). The normalized spacial score (nSPS) is 11.4. The fourth-order valence-corrected chi connectivity index (χ4v) is 5.13. The zero-order chi connectivity index (χ0) is 25.4. The third kappa shape index (κ3) is 11.9. The molecule has 0 aromatic heterocycles. The Morgan fingerprint density at radius 1 is 0.686 bits per heavy atom. The minimum absolute atomic E-state index is 0.225. The molecule has 0 heterocycles. The first kappa shape index (κ1) is 29.0. The van der Waals surface area contributed by atoms with Crippen LogP contribution in [-0.4, -0.2) is 29.1 Å². The van der Waals surface area contributed by atoms with Gasteiger partial charge in [0, 0.05) is 25.5 Å². The van der Waals surface area contributed by atoms with Gasteiger partial charge in [-0.2, -0.15) is 0 Å². The van der Waals surface area contributed by atoms with Crippen LogP contribution in [0.25, 0.3) is 0 Å². The number of nitrogens with one attached hydrogen (secondary N) is 1. The van der Waals surface area contributed by atoms with Crippen LogP contribution in [0.5, 0.6) is 5.75 Å². The van der Waals surface area contributed by atoms with Gasteiger partial charge in [-0.3, -0.25) is 4.72 Å². The summed E-state index contributed by atoms with van der Waals surface area (Å²) in [6.45, 7) is 2.94. The van der Waals surface area contributed by atoms with Crippen molar-refractivity contribution >= 4 is 21.4 Å². The summed E-state index contributed by atoms with van der Waals surface area (Å²) in [5.41, 5.74) is 1.55. The van der Waals surface area contributed by atoms with Gasteiger partial charge in [0.15, 0.2) is 0 Å². The smallest absolute Gasteiger partial charge is 0.261 e. The van der Waals surface area contributed by atoms with Crippen LogP contribution in [0.4, 0.5) is 11.4 Å². The fourth-order valence-electron chi connectivity index (χ4n) is 4.07. The number of anilines is 2. The molecule has 1 N–H and O–H groups in total. The van der Waals surface area contributed by atoms with Gasteiger partial charge in [-0.25, -0.2) is 8.42 Å². The van der Waals surface area contributed by atoms with Crippen LogP contribution in [0.1, 0.15) is 90.4 Å². The van der Waals surface area contributed by atoms with Crippen LogP contribution >= 0.6 is 0 Å². The Morgan fingerprint density at radius 2 is 1.17 bits per heavy atom. The molecule has 0 radical (unpaired) electrons. The van der Waals surface area contributed by atoms with Gasteiger partial charge in [-0.15, -0.1) is 0 Å². The first-order chi connectivity index (χ1) is 16.9. The average molecular weight is 503 g/mol. The second-order valence-corrected chi connectivity index (χ2v) is 11.3. The molecule has 2 aromatic carbocycles. The van der Waals surface area contributed by atoms with Crippen molar-refractivity contribution in [1.29, 1.82) is 0 Å². The van der Waals surface area contributed by atoms with E-state index in [0.717, 1.165) is 12.1 Å². The maximum Gasteiger partial charge on any atom is 0.261 e. The number of nitrogens with zero attached hydrogens (tertiary/aromatic N) is 1. The van der Waals surface area contributed by atoms with Gasteiger partial charge >= 0.3 is 0 Å². The summed E-state index contributed by atoms with van der Waals surface area (Å²) in [7, 11) is 0.260. The molecule has 0 spiro atoms. The maximum absolute atomic E-state index is 12.7. The molecule has 0 saturated carbocycles. The predicted molar refractivity (Wildman–Crippen MR) is 149 cm³/mol. The van der Waals surface area contributed by atoms with Gasteiger partial charge in [0.2, 0.25) is 0 Å². The largest absolute Gasteiger partial charge is 0.494 e. The van der Waals surface area contributed by atoms with E-state index in [9.17, 15) is 8.42 Å². The number of unbranched alkanes of at least 4 members (excludes halogenated alkanes) is 12. The van der Waals surface area contributed by atoms with Gasteiger partial charge in [-0.05, 0) is 55.0 Å². The van der Waals surface area contributed by atoms with Crippen molar-refractivity contribution in [3.63, 3.8) is 0 Å². The monoisotopic (exact) mass is 502 g/mol. The number of ether oxygens (including phenoxy) is 1. The Labute approximate surface area is 214 Å². The molecule has 0 bridgehead atoms. The summed E-state index contributed by atoms with van der Waals surface area (Å²) in [5.74, 6) is 0.707. The van der Waals surface area contributed by atoms with E-state index in [1.165, 1.54) is 77.0 Å². The lowest BCUT2D eigenvalue weighted by molar-refractivity contribution is 0.304. The molecular weight excluding hydrogens is 456 g/mol. The van der Waals surface area contributed by atoms with Crippen LogP contribution in [0, 0.1) is 0 Å². The van der Waals surface area contributed by atoms with E-state index in [1.54, 1.807) is 36.4 Å². The second-order valence-electron chi connectivity index (χ2n) is 9.61. The SMILES string of the molecule is CCCCCCCCCCCCCCCOc1ccc(S(=O)(=O)Nc2ccc(N(C)C)cc2)cc1. The maximum atomic E-state index is 12.7. The number of rotatable bonds is 19. The second kappa shape index (κ2) is 16.5. The zero-order valence-corrected chi connectivity index (χ0v) is 22.9. The van der Waals surface area contributed by atoms with E-state index in [-0.39, 0.29) is 4.90 Å². The number of hydrogen-bond acceptors (Lipinski definition) is 4. The molecule has 0 aliphatic heterocycles. The molecule has 35 heavy (non-hydrogen) atoms. The van der Waals surface area contributed by atoms with Crippen LogP contribution < -0.4 is 14.4 Å². The van der Waals surface area contributed by atoms with Crippen LogP contribution in [0.3, 0.4) is 0 Å². The summed E-state index contributed by atoms with van der Waals surface area (Å²) in [6, 6.07) is 13.9. The minimum atomic E-state index is -3.63. The summed E-state index contributed by atoms with van der Waals surface area (Å²) >= 11 is 0. The Hall–Kier alpha value is -2.21. The third-order valence-electron chi connectivity index (χ3n) is 6.29. The van der Waals surface area contributed by atoms with Gasteiger partial charge in [0.25, 0.3) is 10.0 Å². The molecule has 0 aliphatic rings. The summed E-state index contributed by atoms with van der Waals surface area (Å²) < 4.78 is 33.8. The average Bonchev–Trinajstić information content (AvgIpc) is 2.84. The number of sulfonamides is 1. The Balaban J connectivity index is 1.57. The topological polar surface area (TPSA) is 58.6 Å². The molecule has 0 fully saturated rings. The van der Waals surface area contributed by atoms with E-state index >= 15 is 0 Å². The van der Waals surface area contributed by atoms with Gasteiger partial charge in [-0.1, -0.05) is 84.0 Å². The van der Waals surface area contributed by atoms with E-state index in [4.69, 9.17) is 4.74 Å². The molecular formula is C29H46N2O3S. The van der Waals surface area contributed by atoms with E-state index in [0.29, 0.717) is 18.0 Å². The number of hydrogen-bond donors (Lipinski definition) is 1. The Kier molecular flexibility index (Phi) is 13.6. The first-order valence-corrected chi connectivity index (χ1v) is 14.9. The van der Waals surface area contributed by atoms with Crippen LogP contribution in [-0.2, 0) is 10.0 Å². The van der Waals surface area contributed by atoms with Crippen molar-refractivity contribution in [3.8, 4) is 5.75 Å². The molecule has 0 aliphatic carbocycles. The molecule has 0 amide bonds. The lowest BCUT2D eigenvalue weighted by Crippen LogP contribution is -2.13. The van der Waals surface area contributed by atoms with Crippen LogP contribution in [0.15, 0.2) is 53.4 Å². The Bertz CT molecular complexity index is 910. The highest BCUT2D eigenvalue weighted by Gasteiger charge is 2.14. The highest BCUT2D eigenvalue weighted by atomic mass is 32.2. The van der Waals surface area contributed by atoms with E-state index < -0.39 is 10.0 Å². The molecule has 0 unspecified atom stereocenters. The number of benzene rings is 2. The molecule has 0 atom stereocenters. The highest BCUT2D eigenvalue weighted by molar-refractivity contribution is 7.92. The quantitative estimate of drug-likeness (QED) is 0.198. The molecule has 196 valence electrons. The Morgan fingerprint density at radius 3 is 1.66 bits per heavy atom. The van der Waals surface area contributed by atoms with Crippen molar-refractivity contribution in [2.75, 3.05) is 30.3 Å². The highest BCUT2D eigenvalue weighted by Crippen LogP contribution is 2.21. The standard InChI is InChI=1S/C29H46N2O3S/c1-4-5-6-7-8-9-10-11-12-13-14-15-16-25-34-28-21-23-29(24-22-28)35(32,33)30-26-17-19-27(20-18-26)31(2)3/h17-24,30H,4-16,25H2,1-3H3. The van der Waals surface area contributed by atoms with Gasteiger partial charge in [0.05, 0.1) is 11.5 Å². The van der Waals surface area contributed by atoms with Gasteiger partial charge in [0.1, 0.15) is 5.75 Å². The molecule has 0 saturated heterocycles. The van der Waals surface area contributed by atoms with Gasteiger partial charge < -0.3 is 9.64 Å². The van der Waals surface area contributed by atoms with Crippen molar-refractivity contribution in [2.45, 2.75) is 95.3 Å². The zero-order valence-electron chi connectivity index (χ0n) is 22.1. The minimum Gasteiger partial charge on any atom is -0.494 e. The van der Waals surface area contributed by atoms with Crippen LogP contribution in [0.2, 0.25) is 0 Å². The molecule has 5 nitrogen and oxygen atoms in total. The lowest BCUT2D eigenvalue weighted by atomic mass is 10.0. The first-order valence-electron chi connectivity index (χ1n) is 13.5. The predicted octanol–water partition coefficient (Wildman–Crippen LogP) is 8.02. The van der Waals surface area contributed by atoms with E-state index in [1.807, 2.05) is 31.1 Å². The third-order valence-corrected chi connectivity index (χ3v) is 7.68. The van der Waals surface area contributed by atoms with Crippen molar-refractivity contribution in [1.82, 2.24) is 0 Å². The fraction of sp³-hybridized carbons (Fsp3) is 0.586. The van der Waals surface area contributed by atoms with E-state index in [2.05, 4.69) is 11.6 Å². The van der Waals surface area contributed by atoms with Crippen molar-refractivity contribution in [2.24, 2.45) is 0 Å². The van der Waals surface area contributed by atoms with Crippen molar-refractivity contribution < 1.29 is 13.2 Å². The summed E-state index contributed by atoms with van der Waals surface area (Å²) in [5, 5.41) is 0. The van der Waals surface area contributed by atoms with Crippen molar-refractivity contribution in [3.05, 3.63) is 48.5 Å². The molecule has 2 aromatic rings. The molecule has 6 heteroatoms. The summed E-state index contributed by atoms with van der Waals surface area (Å²) in [6.07, 6.45) is 17.2.